The Labute approximate surface area is 180 Å². The number of aromatic hydroxyl groups is 1. The molecule has 2 aromatic carbocycles. The van der Waals surface area contributed by atoms with Crippen molar-refractivity contribution in [1.29, 1.82) is 0 Å². The first-order valence-electron chi connectivity index (χ1n) is 8.48. The van der Waals surface area contributed by atoms with Crippen molar-refractivity contribution < 1.29 is 19.1 Å². The van der Waals surface area contributed by atoms with Crippen LogP contribution in [0, 0.1) is 3.77 Å². The lowest BCUT2D eigenvalue weighted by atomic mass is 10.1. The van der Waals surface area contributed by atoms with E-state index in [1.54, 1.807) is 60.7 Å². The van der Waals surface area contributed by atoms with Gasteiger partial charge in [-0.05, 0) is 59.0 Å². The summed E-state index contributed by atoms with van der Waals surface area (Å²) >= 11 is 2.01. The van der Waals surface area contributed by atoms with E-state index in [9.17, 15) is 14.7 Å². The molecule has 8 heteroatoms. The van der Waals surface area contributed by atoms with Gasteiger partial charge in [0.05, 0.1) is 6.21 Å². The molecule has 1 heterocycles. The van der Waals surface area contributed by atoms with Crippen LogP contribution in [0.15, 0.2) is 81.9 Å². The van der Waals surface area contributed by atoms with Gasteiger partial charge in [-0.25, -0.2) is 5.43 Å². The average Bonchev–Trinajstić information content (AvgIpc) is 3.14. The Hall–Kier alpha value is -3.40. The Morgan fingerprint density at radius 1 is 1.00 bits per heavy atom. The number of phenolic OH excluding ortho intramolecular Hbond substituents is 1. The topological polar surface area (TPSA) is 104 Å². The van der Waals surface area contributed by atoms with Gasteiger partial charge >= 0.3 is 0 Å². The Balaban J connectivity index is 1.81. The van der Waals surface area contributed by atoms with Crippen molar-refractivity contribution in [3.05, 3.63) is 93.1 Å². The van der Waals surface area contributed by atoms with Gasteiger partial charge in [-0.3, -0.25) is 9.59 Å². The van der Waals surface area contributed by atoms with Gasteiger partial charge in [0, 0.05) is 11.1 Å². The number of nitrogens with zero attached hydrogens (tertiary/aromatic N) is 1. The number of furan rings is 1. The van der Waals surface area contributed by atoms with Gasteiger partial charge in [-0.2, -0.15) is 5.10 Å². The number of hydrogen-bond acceptors (Lipinski definition) is 5. The maximum absolute atomic E-state index is 12.6. The molecule has 0 atom stereocenters. The van der Waals surface area contributed by atoms with Gasteiger partial charge in [-0.15, -0.1) is 0 Å². The summed E-state index contributed by atoms with van der Waals surface area (Å²) in [4.78, 5) is 25.1. The second-order valence-electron chi connectivity index (χ2n) is 5.78. The van der Waals surface area contributed by atoms with E-state index in [2.05, 4.69) is 15.8 Å². The molecular formula is C21H16IN3O4. The molecular weight excluding hydrogens is 485 g/mol. The van der Waals surface area contributed by atoms with E-state index in [4.69, 9.17) is 4.42 Å². The lowest BCUT2D eigenvalue weighted by molar-refractivity contribution is -0.117. The van der Waals surface area contributed by atoms with Crippen LogP contribution in [0.4, 0.5) is 0 Å². The third-order valence-corrected chi connectivity index (χ3v) is 4.30. The van der Waals surface area contributed by atoms with Crippen molar-refractivity contribution in [3.63, 3.8) is 0 Å². The van der Waals surface area contributed by atoms with E-state index in [1.165, 1.54) is 18.4 Å². The molecule has 146 valence electrons. The maximum Gasteiger partial charge on any atom is 0.287 e. The Morgan fingerprint density at radius 2 is 1.72 bits per heavy atom. The number of hydrogen-bond donors (Lipinski definition) is 3. The summed E-state index contributed by atoms with van der Waals surface area (Å²) < 4.78 is 6.01. The van der Waals surface area contributed by atoms with Gasteiger partial charge < -0.3 is 14.8 Å². The zero-order valence-corrected chi connectivity index (χ0v) is 17.2. The quantitative estimate of drug-likeness (QED) is 0.208. The number of carbonyl (C=O) groups is 2. The Kier molecular flexibility index (Phi) is 6.80. The molecule has 3 rings (SSSR count). The number of phenols is 1. The molecule has 0 saturated heterocycles. The minimum atomic E-state index is -0.657. The molecule has 0 bridgehead atoms. The van der Waals surface area contributed by atoms with Gasteiger partial charge in [0.1, 0.15) is 17.2 Å². The van der Waals surface area contributed by atoms with Crippen LogP contribution in [0.3, 0.4) is 0 Å². The molecule has 0 fully saturated rings. The largest absolute Gasteiger partial charge is 0.507 e. The average molecular weight is 501 g/mol. The lowest BCUT2D eigenvalue weighted by Crippen LogP contribution is -2.32. The van der Waals surface area contributed by atoms with Crippen LogP contribution in [0.25, 0.3) is 6.08 Å². The van der Waals surface area contributed by atoms with Gasteiger partial charge in [0.2, 0.25) is 0 Å². The minimum absolute atomic E-state index is 0.0274. The zero-order valence-electron chi connectivity index (χ0n) is 15.0. The molecule has 3 aromatic rings. The Morgan fingerprint density at radius 3 is 2.41 bits per heavy atom. The van der Waals surface area contributed by atoms with E-state index >= 15 is 0 Å². The lowest BCUT2D eigenvalue weighted by Gasteiger charge is -2.09. The molecule has 0 aliphatic carbocycles. The van der Waals surface area contributed by atoms with Gasteiger partial charge in [0.15, 0.2) is 3.77 Å². The third kappa shape index (κ3) is 5.79. The fraction of sp³-hybridized carbons (Fsp3) is 0. The van der Waals surface area contributed by atoms with E-state index in [0.29, 0.717) is 20.7 Å². The number of hydrazone groups is 1. The van der Waals surface area contributed by atoms with Crippen LogP contribution in [-0.4, -0.2) is 23.1 Å². The number of amides is 2. The summed E-state index contributed by atoms with van der Waals surface area (Å²) in [6, 6.07) is 18.4. The molecule has 0 spiro atoms. The molecule has 0 aliphatic rings. The van der Waals surface area contributed by atoms with Gasteiger partial charge in [0.25, 0.3) is 11.8 Å². The smallest absolute Gasteiger partial charge is 0.287 e. The normalized spacial score (nSPS) is 11.4. The molecule has 3 N–H and O–H groups in total. The van der Waals surface area contributed by atoms with Crippen molar-refractivity contribution in [3.8, 4) is 5.75 Å². The van der Waals surface area contributed by atoms with Crippen LogP contribution in [0.2, 0.25) is 0 Å². The number of rotatable bonds is 6. The molecule has 0 saturated carbocycles. The van der Waals surface area contributed by atoms with Gasteiger partial charge in [-0.1, -0.05) is 36.4 Å². The fourth-order valence-electron chi connectivity index (χ4n) is 2.32. The summed E-state index contributed by atoms with van der Waals surface area (Å²) in [7, 11) is 0. The van der Waals surface area contributed by atoms with E-state index in [-0.39, 0.29) is 11.4 Å². The number of nitrogens with one attached hydrogen (secondary N) is 2. The zero-order chi connectivity index (χ0) is 20.6. The first-order valence-corrected chi connectivity index (χ1v) is 9.55. The van der Waals surface area contributed by atoms with Crippen LogP contribution in [0.1, 0.15) is 21.7 Å². The van der Waals surface area contributed by atoms with E-state index < -0.39 is 11.8 Å². The highest BCUT2D eigenvalue weighted by atomic mass is 127. The maximum atomic E-state index is 12.6. The highest BCUT2D eigenvalue weighted by Crippen LogP contribution is 2.18. The van der Waals surface area contributed by atoms with Crippen LogP contribution >= 0.6 is 22.6 Å². The van der Waals surface area contributed by atoms with Crippen molar-refractivity contribution in [2.45, 2.75) is 0 Å². The number of carbonyl (C=O) groups excluding carboxylic acids is 2. The monoisotopic (exact) mass is 501 g/mol. The van der Waals surface area contributed by atoms with E-state index in [1.807, 2.05) is 22.6 Å². The molecule has 29 heavy (non-hydrogen) atoms. The summed E-state index contributed by atoms with van der Waals surface area (Å²) in [6.45, 7) is 0. The predicted molar refractivity (Wildman–Crippen MR) is 117 cm³/mol. The molecule has 0 unspecified atom stereocenters. The number of halogens is 1. The van der Waals surface area contributed by atoms with Crippen LogP contribution < -0.4 is 10.7 Å². The van der Waals surface area contributed by atoms with Crippen molar-refractivity contribution in [1.82, 2.24) is 10.7 Å². The van der Waals surface area contributed by atoms with Crippen molar-refractivity contribution in [2.75, 3.05) is 0 Å². The summed E-state index contributed by atoms with van der Waals surface area (Å²) in [6.07, 6.45) is 2.72. The molecule has 7 nitrogen and oxygen atoms in total. The van der Waals surface area contributed by atoms with Crippen molar-refractivity contribution in [2.24, 2.45) is 5.10 Å². The second kappa shape index (κ2) is 9.69. The highest BCUT2D eigenvalue weighted by Gasteiger charge is 2.15. The predicted octanol–water partition coefficient (Wildman–Crippen LogP) is 3.51. The number of para-hydroxylation sites is 1. The summed E-state index contributed by atoms with van der Waals surface area (Å²) in [5, 5.41) is 16.4. The summed E-state index contributed by atoms with van der Waals surface area (Å²) in [5.74, 6) is -0.684. The van der Waals surface area contributed by atoms with E-state index in [0.717, 1.165) is 0 Å². The highest BCUT2D eigenvalue weighted by molar-refractivity contribution is 14.1. The number of benzene rings is 2. The molecule has 1 aromatic heterocycles. The first kappa shape index (κ1) is 20.3. The standard InChI is InChI=1S/C21H16IN3O4/c22-19-11-10-16(29-19)13-23-25-21(28)17(12-15-8-4-5-9-18(15)26)24-20(27)14-6-2-1-3-7-14/h1-13,26H,(H,24,27)(H,25,28)/b17-12-,23-13+. The first-order chi connectivity index (χ1) is 14.0. The van der Waals surface area contributed by atoms with Crippen molar-refractivity contribution >= 4 is 46.7 Å². The SMILES string of the molecule is O=C(N/N=C/c1ccc(I)o1)/C(=C/c1ccccc1O)NC(=O)c1ccccc1. The minimum Gasteiger partial charge on any atom is -0.507 e. The van der Waals surface area contributed by atoms with Crippen LogP contribution in [0.5, 0.6) is 5.75 Å². The molecule has 0 aliphatic heterocycles. The molecule has 2 amide bonds. The molecule has 0 radical (unpaired) electrons. The Bertz CT molecular complexity index is 1070. The fourth-order valence-corrected chi connectivity index (χ4v) is 2.75. The second-order valence-corrected chi connectivity index (χ2v) is 6.84. The van der Waals surface area contributed by atoms with Crippen LogP contribution in [-0.2, 0) is 4.79 Å². The summed E-state index contributed by atoms with van der Waals surface area (Å²) in [5.41, 5.74) is 3.02. The third-order valence-electron chi connectivity index (χ3n) is 3.72.